The normalized spacial score (nSPS) is 48.2. The van der Waals surface area contributed by atoms with Crippen LogP contribution in [0.15, 0.2) is 0 Å². The van der Waals surface area contributed by atoms with Crippen molar-refractivity contribution in [2.45, 2.75) is 24.1 Å². The highest BCUT2D eigenvalue weighted by Gasteiger charge is 2.52. The molecule has 0 aromatic rings. The molecule has 0 saturated carbocycles. The van der Waals surface area contributed by atoms with Crippen molar-refractivity contribution in [1.29, 1.82) is 0 Å². The van der Waals surface area contributed by atoms with Crippen molar-refractivity contribution >= 4 is 23.2 Å². The fraction of sp³-hybridized carbons (Fsp3) is 1.00. The monoisotopic (exact) mass is 216 g/mol. The second kappa shape index (κ2) is 3.65. The Bertz CT molecular complexity index is 168. The van der Waals surface area contributed by atoms with Gasteiger partial charge in [-0.1, -0.05) is 0 Å². The van der Waals surface area contributed by atoms with Crippen LogP contribution in [0.25, 0.3) is 0 Å². The summed E-state index contributed by atoms with van der Waals surface area (Å²) >= 11 is 10.7. The van der Waals surface area contributed by atoms with E-state index < -0.39 is 24.1 Å². The molecule has 1 saturated heterocycles. The van der Waals surface area contributed by atoms with Gasteiger partial charge in [0, 0.05) is 0 Å². The molecule has 72 valence electrons. The average Bonchev–Trinajstić information content (AvgIpc) is 2.31. The minimum absolute atomic E-state index is 0.00255. The van der Waals surface area contributed by atoms with E-state index in [2.05, 4.69) is 0 Å². The van der Waals surface area contributed by atoms with Crippen LogP contribution >= 0.6 is 23.2 Å². The van der Waals surface area contributed by atoms with Gasteiger partial charge < -0.3 is 20.1 Å². The number of aliphatic hydroxyl groups excluding tert-OH is 2. The number of rotatable bonds is 2. The average molecular weight is 217 g/mol. The summed E-state index contributed by atoms with van der Waals surface area (Å²) in [7, 11) is 0. The molecule has 0 aromatic heterocycles. The van der Waals surface area contributed by atoms with Gasteiger partial charge >= 0.3 is 0 Å². The molecule has 1 aliphatic heterocycles. The zero-order valence-corrected chi connectivity index (χ0v) is 7.66. The van der Waals surface area contributed by atoms with E-state index in [1.807, 2.05) is 0 Å². The molecule has 6 heteroatoms. The van der Waals surface area contributed by atoms with Gasteiger partial charge in [0.2, 0.25) is 5.79 Å². The van der Waals surface area contributed by atoms with Crippen LogP contribution in [-0.4, -0.2) is 51.2 Å². The fourth-order valence-corrected chi connectivity index (χ4v) is 1.57. The molecule has 12 heavy (non-hydrogen) atoms. The van der Waals surface area contributed by atoms with E-state index in [0.717, 1.165) is 0 Å². The van der Waals surface area contributed by atoms with Crippen molar-refractivity contribution in [3.8, 4) is 0 Å². The van der Waals surface area contributed by atoms with Gasteiger partial charge in [-0.05, 0) is 0 Å². The molecule has 3 N–H and O–H groups in total. The fourth-order valence-electron chi connectivity index (χ4n) is 1.11. The summed E-state index contributed by atoms with van der Waals surface area (Å²) < 4.78 is 4.86. The highest BCUT2D eigenvalue weighted by molar-refractivity contribution is 6.19. The van der Waals surface area contributed by atoms with E-state index in [1.54, 1.807) is 0 Å². The van der Waals surface area contributed by atoms with E-state index >= 15 is 0 Å². The van der Waals surface area contributed by atoms with Gasteiger partial charge in [0.25, 0.3) is 0 Å². The second-order valence-corrected chi connectivity index (χ2v) is 3.30. The summed E-state index contributed by atoms with van der Waals surface area (Å²) in [5.41, 5.74) is 0. The molecule has 0 amide bonds. The quantitative estimate of drug-likeness (QED) is 0.533. The van der Waals surface area contributed by atoms with Crippen molar-refractivity contribution in [3.05, 3.63) is 0 Å². The van der Waals surface area contributed by atoms with Crippen LogP contribution in [0, 0.1) is 0 Å². The first-order chi connectivity index (χ1) is 5.55. The maximum Gasteiger partial charge on any atom is 0.209 e. The topological polar surface area (TPSA) is 69.9 Å². The number of alkyl halides is 2. The molecule has 0 aliphatic carbocycles. The van der Waals surface area contributed by atoms with Crippen LogP contribution in [0.4, 0.5) is 0 Å². The lowest BCUT2D eigenvalue weighted by molar-refractivity contribution is -0.209. The molecule has 1 heterocycles. The Morgan fingerprint density at radius 1 is 1.33 bits per heavy atom. The zero-order chi connectivity index (χ0) is 9.35. The Morgan fingerprint density at radius 3 is 2.17 bits per heavy atom. The van der Waals surface area contributed by atoms with Crippen LogP contribution in [0.2, 0.25) is 0 Å². The van der Waals surface area contributed by atoms with E-state index in [-0.39, 0.29) is 11.8 Å². The smallest absolute Gasteiger partial charge is 0.209 e. The van der Waals surface area contributed by atoms with Crippen molar-refractivity contribution in [3.63, 3.8) is 0 Å². The highest BCUT2D eigenvalue weighted by Crippen LogP contribution is 2.30. The first-order valence-electron chi connectivity index (χ1n) is 3.43. The second-order valence-electron chi connectivity index (χ2n) is 2.72. The predicted octanol–water partition coefficient (Wildman–Crippen LogP) is -0.727. The third-order valence-electron chi connectivity index (χ3n) is 1.87. The highest BCUT2D eigenvalue weighted by atomic mass is 35.5. The molecule has 4 nitrogen and oxygen atoms in total. The number of aliphatic hydroxyl groups is 3. The molecular formula is C6H10Cl2O4. The van der Waals surface area contributed by atoms with E-state index in [9.17, 15) is 15.3 Å². The molecule has 0 unspecified atom stereocenters. The minimum Gasteiger partial charge on any atom is -0.387 e. The zero-order valence-electron chi connectivity index (χ0n) is 6.15. The van der Waals surface area contributed by atoms with Gasteiger partial charge in [-0.25, -0.2) is 0 Å². The number of hydrogen-bond acceptors (Lipinski definition) is 4. The number of halogens is 2. The Kier molecular flexibility index (Phi) is 3.20. The molecule has 4 atom stereocenters. The Hall–Kier alpha value is 0.420. The van der Waals surface area contributed by atoms with Crippen LogP contribution in [0.3, 0.4) is 0 Å². The van der Waals surface area contributed by atoms with E-state index in [1.165, 1.54) is 0 Å². The Morgan fingerprint density at radius 2 is 1.92 bits per heavy atom. The molecule has 1 aliphatic rings. The lowest BCUT2D eigenvalue weighted by Crippen LogP contribution is -2.44. The lowest BCUT2D eigenvalue weighted by Gasteiger charge is -2.22. The SMILES string of the molecule is O[C@@H]1[C@H](CCl)O[C@](O)(CCl)[C@H]1O. The van der Waals surface area contributed by atoms with Crippen LogP contribution in [-0.2, 0) is 4.74 Å². The van der Waals surface area contributed by atoms with Crippen LogP contribution < -0.4 is 0 Å². The third kappa shape index (κ3) is 1.55. The summed E-state index contributed by atoms with van der Waals surface area (Å²) in [5.74, 6) is -2.18. The van der Waals surface area contributed by atoms with Gasteiger partial charge in [-0.2, -0.15) is 0 Å². The minimum atomic E-state index is -1.87. The summed E-state index contributed by atoms with van der Waals surface area (Å²) in [4.78, 5) is 0. The Labute approximate surface area is 79.7 Å². The van der Waals surface area contributed by atoms with Gasteiger partial charge in [0.05, 0.1) is 11.8 Å². The van der Waals surface area contributed by atoms with Crippen molar-refractivity contribution in [1.82, 2.24) is 0 Å². The Balaban J connectivity index is 2.72. The van der Waals surface area contributed by atoms with Crippen LogP contribution in [0.5, 0.6) is 0 Å². The summed E-state index contributed by atoms with van der Waals surface area (Å²) in [6.07, 6.45) is -3.37. The predicted molar refractivity (Wildman–Crippen MR) is 43.3 cm³/mol. The molecule has 1 rings (SSSR count). The summed E-state index contributed by atoms with van der Waals surface area (Å²) in [5, 5.41) is 27.9. The maximum atomic E-state index is 9.42. The molecule has 0 radical (unpaired) electrons. The van der Waals surface area contributed by atoms with Crippen molar-refractivity contribution in [2.24, 2.45) is 0 Å². The third-order valence-corrected chi connectivity index (χ3v) is 2.55. The molecule has 0 aromatic carbocycles. The van der Waals surface area contributed by atoms with Gasteiger partial charge in [-0.15, -0.1) is 23.2 Å². The lowest BCUT2D eigenvalue weighted by atomic mass is 10.1. The standard InChI is InChI=1S/C6H10Cl2O4/c7-1-3-4(9)5(10)6(11,2-8)12-3/h3-5,9-11H,1-2H2/t3-,4+,5-,6+/m0/s1. The van der Waals surface area contributed by atoms with Gasteiger partial charge in [-0.3, -0.25) is 0 Å². The van der Waals surface area contributed by atoms with Gasteiger partial charge in [0.1, 0.15) is 18.3 Å². The molecule has 1 fully saturated rings. The molecular weight excluding hydrogens is 207 g/mol. The van der Waals surface area contributed by atoms with Crippen LogP contribution in [0.1, 0.15) is 0 Å². The first kappa shape index (κ1) is 10.5. The summed E-state index contributed by atoms with van der Waals surface area (Å²) in [6, 6.07) is 0. The first-order valence-corrected chi connectivity index (χ1v) is 4.50. The molecule has 0 spiro atoms. The van der Waals surface area contributed by atoms with E-state index in [0.29, 0.717) is 0 Å². The molecule has 0 bridgehead atoms. The number of ether oxygens (including phenoxy) is 1. The van der Waals surface area contributed by atoms with Gasteiger partial charge in [0.15, 0.2) is 0 Å². The van der Waals surface area contributed by atoms with Crippen molar-refractivity contribution in [2.75, 3.05) is 11.8 Å². The summed E-state index contributed by atoms with van der Waals surface area (Å²) in [6.45, 7) is 0. The van der Waals surface area contributed by atoms with Crippen molar-refractivity contribution < 1.29 is 20.1 Å². The maximum absolute atomic E-state index is 9.42. The largest absolute Gasteiger partial charge is 0.387 e. The number of hydrogen-bond donors (Lipinski definition) is 3. The van der Waals surface area contributed by atoms with E-state index in [4.69, 9.17) is 27.9 Å².